The molecule has 3 heterocycles. The summed E-state index contributed by atoms with van der Waals surface area (Å²) in [5.74, 6) is -0.987. The Labute approximate surface area is 175 Å². The molecule has 2 amide bonds. The fraction of sp³-hybridized carbons (Fsp3) is 0.455. The number of hydrogen-bond donors (Lipinski definition) is 3. The lowest BCUT2D eigenvalue weighted by Gasteiger charge is -2.39. The Morgan fingerprint density at radius 3 is 2.47 bits per heavy atom. The van der Waals surface area contributed by atoms with Crippen LogP contribution in [0.25, 0.3) is 0 Å². The van der Waals surface area contributed by atoms with E-state index in [4.69, 9.17) is 0 Å². The number of aryl methyl sites for hydroxylation is 1. The standard InChI is InChI=1S/C22H27N5O3/c1-12-7-9-15(10-8-12)23-20(29)16-11-17(28)24-19-18(16)21(30)26-22(25-19)27-13(2)5-4-6-14(27)3/h7-10,13-14,16H,4-6,11H2,1-3H3,(H,23,29)(H2,24,25,26,28,30)/t13-,14-,16-/m1/s1. The zero-order valence-electron chi connectivity index (χ0n) is 17.5. The summed E-state index contributed by atoms with van der Waals surface area (Å²) in [4.78, 5) is 47.7. The van der Waals surface area contributed by atoms with Crippen molar-refractivity contribution in [2.75, 3.05) is 15.5 Å². The molecule has 1 aromatic heterocycles. The lowest BCUT2D eigenvalue weighted by Crippen LogP contribution is -2.46. The first-order valence-electron chi connectivity index (χ1n) is 10.4. The van der Waals surface area contributed by atoms with Crippen molar-refractivity contribution < 1.29 is 9.59 Å². The smallest absolute Gasteiger partial charge is 0.258 e. The van der Waals surface area contributed by atoms with E-state index < -0.39 is 11.8 Å². The highest BCUT2D eigenvalue weighted by Crippen LogP contribution is 2.32. The fourth-order valence-corrected chi connectivity index (χ4v) is 4.41. The zero-order chi connectivity index (χ0) is 21.4. The summed E-state index contributed by atoms with van der Waals surface area (Å²) >= 11 is 0. The minimum Gasteiger partial charge on any atom is -0.337 e. The summed E-state index contributed by atoms with van der Waals surface area (Å²) in [6.07, 6.45) is 3.06. The van der Waals surface area contributed by atoms with Crippen molar-refractivity contribution in [2.45, 2.75) is 64.5 Å². The van der Waals surface area contributed by atoms with Gasteiger partial charge in [-0.2, -0.15) is 4.98 Å². The van der Waals surface area contributed by atoms with Crippen molar-refractivity contribution in [3.05, 3.63) is 45.7 Å². The SMILES string of the molecule is Cc1ccc(NC(=O)[C@@H]2CC(=O)Nc3nc(N4[C@H](C)CCC[C@H]4C)[nH]c(=O)c32)cc1. The van der Waals surface area contributed by atoms with Gasteiger partial charge in [0.25, 0.3) is 5.56 Å². The summed E-state index contributed by atoms with van der Waals surface area (Å²) in [5, 5.41) is 5.50. The molecule has 0 saturated carbocycles. The van der Waals surface area contributed by atoms with Crippen LogP contribution >= 0.6 is 0 Å². The molecule has 1 fully saturated rings. The Hall–Kier alpha value is -3.16. The monoisotopic (exact) mass is 409 g/mol. The molecule has 8 heteroatoms. The molecule has 30 heavy (non-hydrogen) atoms. The molecule has 2 aliphatic rings. The van der Waals surface area contributed by atoms with E-state index in [1.165, 1.54) is 0 Å². The maximum atomic E-state index is 13.0. The number of H-pyrrole nitrogens is 1. The quantitative estimate of drug-likeness (QED) is 0.723. The molecule has 0 unspecified atom stereocenters. The summed E-state index contributed by atoms with van der Waals surface area (Å²) in [6.45, 7) is 6.16. The Kier molecular flexibility index (Phi) is 5.32. The van der Waals surface area contributed by atoms with Crippen molar-refractivity contribution in [2.24, 2.45) is 0 Å². The molecule has 0 aliphatic carbocycles. The van der Waals surface area contributed by atoms with Crippen molar-refractivity contribution in [3.63, 3.8) is 0 Å². The average Bonchev–Trinajstić information content (AvgIpc) is 2.68. The summed E-state index contributed by atoms with van der Waals surface area (Å²) in [7, 11) is 0. The predicted octanol–water partition coefficient (Wildman–Crippen LogP) is 2.91. The number of anilines is 3. The number of rotatable bonds is 3. The van der Waals surface area contributed by atoms with Gasteiger partial charge in [-0.15, -0.1) is 0 Å². The highest BCUT2D eigenvalue weighted by Gasteiger charge is 2.36. The van der Waals surface area contributed by atoms with Gasteiger partial charge in [0.1, 0.15) is 5.82 Å². The fourth-order valence-electron chi connectivity index (χ4n) is 4.41. The Balaban J connectivity index is 1.67. The molecule has 3 N–H and O–H groups in total. The number of nitrogens with zero attached hydrogens (tertiary/aromatic N) is 2. The Morgan fingerprint density at radius 2 is 1.80 bits per heavy atom. The van der Waals surface area contributed by atoms with Gasteiger partial charge >= 0.3 is 0 Å². The number of hydrogen-bond acceptors (Lipinski definition) is 5. The molecule has 8 nitrogen and oxygen atoms in total. The number of carbonyl (C=O) groups is 2. The van der Waals surface area contributed by atoms with Crippen LogP contribution in [0.5, 0.6) is 0 Å². The third-order valence-electron chi connectivity index (χ3n) is 6.01. The number of carbonyl (C=O) groups excluding carboxylic acids is 2. The van der Waals surface area contributed by atoms with Gasteiger partial charge in [-0.05, 0) is 52.2 Å². The van der Waals surface area contributed by atoms with Crippen LogP contribution in [0.15, 0.2) is 29.1 Å². The van der Waals surface area contributed by atoms with E-state index in [0.29, 0.717) is 11.6 Å². The summed E-state index contributed by atoms with van der Waals surface area (Å²) < 4.78 is 0. The van der Waals surface area contributed by atoms with Crippen molar-refractivity contribution >= 4 is 29.3 Å². The molecule has 2 aliphatic heterocycles. The zero-order valence-corrected chi connectivity index (χ0v) is 17.5. The van der Waals surface area contributed by atoms with Gasteiger partial charge in [-0.25, -0.2) is 0 Å². The molecule has 2 aromatic rings. The van der Waals surface area contributed by atoms with Crippen molar-refractivity contribution in [1.29, 1.82) is 0 Å². The van der Waals surface area contributed by atoms with Crippen LogP contribution in [0.3, 0.4) is 0 Å². The predicted molar refractivity (Wildman–Crippen MR) is 116 cm³/mol. The van der Waals surface area contributed by atoms with E-state index in [1.807, 2.05) is 19.1 Å². The number of piperidine rings is 1. The summed E-state index contributed by atoms with van der Waals surface area (Å²) in [6, 6.07) is 7.82. The molecule has 1 saturated heterocycles. The Morgan fingerprint density at radius 1 is 1.13 bits per heavy atom. The molecule has 158 valence electrons. The molecule has 0 radical (unpaired) electrons. The normalized spacial score (nSPS) is 23.5. The topological polar surface area (TPSA) is 107 Å². The van der Waals surface area contributed by atoms with E-state index in [-0.39, 0.29) is 41.4 Å². The highest BCUT2D eigenvalue weighted by molar-refractivity contribution is 6.04. The molecule has 4 rings (SSSR count). The van der Waals surface area contributed by atoms with Gasteiger partial charge < -0.3 is 15.5 Å². The first-order chi connectivity index (χ1) is 14.3. The van der Waals surface area contributed by atoms with Gasteiger partial charge in [0.05, 0.1) is 11.5 Å². The van der Waals surface area contributed by atoms with Crippen LogP contribution in [0.4, 0.5) is 17.5 Å². The van der Waals surface area contributed by atoms with Crippen LogP contribution in [-0.4, -0.2) is 33.9 Å². The number of fused-ring (bicyclic) bond motifs is 1. The van der Waals surface area contributed by atoms with Crippen LogP contribution in [-0.2, 0) is 9.59 Å². The largest absolute Gasteiger partial charge is 0.337 e. The average molecular weight is 409 g/mol. The van der Waals surface area contributed by atoms with Crippen LogP contribution in [0.2, 0.25) is 0 Å². The number of nitrogens with one attached hydrogen (secondary N) is 3. The van der Waals surface area contributed by atoms with Gasteiger partial charge in [0.15, 0.2) is 0 Å². The lowest BCUT2D eigenvalue weighted by atomic mass is 9.92. The number of aromatic nitrogens is 2. The van der Waals surface area contributed by atoms with E-state index in [1.54, 1.807) is 12.1 Å². The maximum absolute atomic E-state index is 13.0. The second kappa shape index (κ2) is 7.93. The van der Waals surface area contributed by atoms with E-state index in [9.17, 15) is 14.4 Å². The number of aromatic amines is 1. The molecule has 0 bridgehead atoms. The molecular formula is C22H27N5O3. The number of benzene rings is 1. The van der Waals surface area contributed by atoms with Gasteiger partial charge in [-0.3, -0.25) is 19.4 Å². The number of amides is 2. The van der Waals surface area contributed by atoms with Crippen molar-refractivity contribution in [1.82, 2.24) is 9.97 Å². The third kappa shape index (κ3) is 3.81. The van der Waals surface area contributed by atoms with E-state index in [0.717, 1.165) is 24.8 Å². The maximum Gasteiger partial charge on any atom is 0.258 e. The van der Waals surface area contributed by atoms with Crippen molar-refractivity contribution in [3.8, 4) is 0 Å². The van der Waals surface area contributed by atoms with Gasteiger partial charge in [0.2, 0.25) is 17.8 Å². The first kappa shape index (κ1) is 20.1. The van der Waals surface area contributed by atoms with Gasteiger partial charge in [0, 0.05) is 24.2 Å². The summed E-state index contributed by atoms with van der Waals surface area (Å²) in [5.41, 5.74) is 1.52. The van der Waals surface area contributed by atoms with E-state index >= 15 is 0 Å². The first-order valence-corrected chi connectivity index (χ1v) is 10.4. The highest BCUT2D eigenvalue weighted by atomic mass is 16.2. The van der Waals surface area contributed by atoms with Crippen LogP contribution in [0, 0.1) is 6.92 Å². The minimum atomic E-state index is -0.892. The molecular weight excluding hydrogens is 382 g/mol. The minimum absolute atomic E-state index is 0.0919. The molecule has 3 atom stereocenters. The second-order valence-corrected chi connectivity index (χ2v) is 8.35. The van der Waals surface area contributed by atoms with Crippen LogP contribution in [0.1, 0.15) is 56.6 Å². The Bertz CT molecular complexity index is 1020. The lowest BCUT2D eigenvalue weighted by molar-refractivity contribution is -0.123. The van der Waals surface area contributed by atoms with Gasteiger partial charge in [-0.1, -0.05) is 17.7 Å². The molecule has 1 aromatic carbocycles. The van der Waals surface area contributed by atoms with E-state index in [2.05, 4.69) is 39.3 Å². The third-order valence-corrected chi connectivity index (χ3v) is 6.01. The second-order valence-electron chi connectivity index (χ2n) is 8.35. The van der Waals surface area contributed by atoms with Crippen LogP contribution < -0.4 is 21.1 Å². The molecule has 0 spiro atoms.